The fourth-order valence-electron chi connectivity index (χ4n) is 0.170. The third kappa shape index (κ3) is 4.24. The van der Waals surface area contributed by atoms with E-state index in [0.29, 0.717) is 5.33 Å². The fourth-order valence-corrected chi connectivity index (χ4v) is 0.494. The highest BCUT2D eigenvalue weighted by Crippen LogP contribution is 1.92. The van der Waals surface area contributed by atoms with E-state index in [1.807, 2.05) is 0 Å². The molecule has 42 valence electrons. The molecule has 0 saturated carbocycles. The largest absolute Gasteiger partial charge is 0.135 e. The maximum atomic E-state index is 5.00. The molecule has 1 unspecified atom stereocenters. The molecule has 0 aromatic carbocycles. The van der Waals surface area contributed by atoms with Crippen LogP contribution in [0.25, 0.3) is 0 Å². The van der Waals surface area contributed by atoms with Gasteiger partial charge in [0.15, 0.2) is 0 Å². The van der Waals surface area contributed by atoms with Gasteiger partial charge in [-0.3, -0.25) is 0 Å². The minimum absolute atomic E-state index is 0.0972. The van der Waals surface area contributed by atoms with Gasteiger partial charge < -0.3 is 0 Å². The van der Waals surface area contributed by atoms with Gasteiger partial charge in [-0.05, 0) is 0 Å². The molecular weight excluding hydrogens is 232 g/mol. The monoisotopic (exact) mass is 234 g/mol. The first-order valence-electron chi connectivity index (χ1n) is 1.96. The fraction of sp³-hybridized carbons (Fsp3) is 0.333. The smallest absolute Gasteiger partial charge is 0.118 e. The van der Waals surface area contributed by atoms with Crippen LogP contribution in [-0.2, 0) is 0 Å². The van der Waals surface area contributed by atoms with Crippen LogP contribution in [-0.4, -0.2) is 10.2 Å². The molecule has 0 radical (unpaired) electrons. The summed E-state index contributed by atoms with van der Waals surface area (Å²) in [4.78, 5) is -0.0972. The van der Waals surface area contributed by atoms with E-state index in [9.17, 15) is 0 Å². The molecule has 0 aliphatic rings. The van der Waals surface area contributed by atoms with Crippen molar-refractivity contribution >= 4 is 31.9 Å². The van der Waals surface area contributed by atoms with Crippen LogP contribution in [0.1, 0.15) is 0 Å². The Hall–Kier alpha value is 0.0800. The van der Waals surface area contributed by atoms with Crippen molar-refractivity contribution in [2.45, 2.75) is 4.83 Å². The summed E-state index contributed by atoms with van der Waals surface area (Å²) in [5.74, 6) is 7.96. The van der Waals surface area contributed by atoms with Crippen molar-refractivity contribution in [3.8, 4) is 24.2 Å². The van der Waals surface area contributed by atoms with Gasteiger partial charge in [-0.1, -0.05) is 49.6 Å². The average Bonchev–Trinajstić information content (AvgIpc) is 1.83. The zero-order valence-electron chi connectivity index (χ0n) is 4.12. The van der Waals surface area contributed by atoms with Crippen LogP contribution < -0.4 is 0 Å². The summed E-state index contributed by atoms with van der Waals surface area (Å²) in [6, 6.07) is 0. The Balaban J connectivity index is 3.56. The molecule has 0 amide bonds. The van der Waals surface area contributed by atoms with Crippen LogP contribution in [0.2, 0.25) is 0 Å². The molecule has 0 aromatic heterocycles. The van der Waals surface area contributed by atoms with E-state index in [-0.39, 0.29) is 4.83 Å². The number of halogens is 2. The van der Waals surface area contributed by atoms with Crippen molar-refractivity contribution in [3.63, 3.8) is 0 Å². The second-order valence-electron chi connectivity index (χ2n) is 0.984. The first-order valence-corrected chi connectivity index (χ1v) is 3.99. The maximum Gasteiger partial charge on any atom is 0.135 e. The summed E-state index contributed by atoms with van der Waals surface area (Å²) in [6.07, 6.45) is 5.00. The Morgan fingerprint density at radius 1 is 1.62 bits per heavy atom. The number of alkyl halides is 2. The first kappa shape index (κ1) is 8.08. The van der Waals surface area contributed by atoms with E-state index in [1.54, 1.807) is 0 Å². The van der Waals surface area contributed by atoms with Crippen LogP contribution in [0, 0.1) is 24.2 Å². The quantitative estimate of drug-likeness (QED) is 0.444. The lowest BCUT2D eigenvalue weighted by molar-refractivity contribution is 1.62. The van der Waals surface area contributed by atoms with Crippen molar-refractivity contribution in [3.05, 3.63) is 0 Å². The standard InChI is InChI=1S/C6H4Br2/c1-2-6(8)4-3-5-7/h1,6H,5H2. The molecule has 0 bridgehead atoms. The minimum Gasteiger partial charge on any atom is -0.118 e. The van der Waals surface area contributed by atoms with Crippen LogP contribution in [0.15, 0.2) is 0 Å². The van der Waals surface area contributed by atoms with E-state index in [0.717, 1.165) is 0 Å². The lowest BCUT2D eigenvalue weighted by Crippen LogP contribution is -1.84. The maximum absolute atomic E-state index is 5.00. The molecule has 0 aromatic rings. The number of terminal acetylenes is 1. The molecule has 0 fully saturated rings. The van der Waals surface area contributed by atoms with Gasteiger partial charge in [-0.25, -0.2) is 0 Å². The van der Waals surface area contributed by atoms with Crippen molar-refractivity contribution < 1.29 is 0 Å². The SMILES string of the molecule is C#CC(Br)C#CCBr. The highest BCUT2D eigenvalue weighted by Gasteiger charge is 1.85. The van der Waals surface area contributed by atoms with Gasteiger partial charge in [0.2, 0.25) is 0 Å². The summed E-state index contributed by atoms with van der Waals surface area (Å²) in [5, 5.41) is 0.677. The number of hydrogen-bond donors (Lipinski definition) is 0. The van der Waals surface area contributed by atoms with E-state index < -0.39 is 0 Å². The Labute approximate surface area is 66.3 Å². The van der Waals surface area contributed by atoms with Crippen molar-refractivity contribution in [1.82, 2.24) is 0 Å². The van der Waals surface area contributed by atoms with E-state index >= 15 is 0 Å². The predicted octanol–water partition coefficient (Wildman–Crippen LogP) is 1.78. The van der Waals surface area contributed by atoms with E-state index in [1.165, 1.54) is 0 Å². The molecule has 0 heterocycles. The van der Waals surface area contributed by atoms with Gasteiger partial charge in [0, 0.05) is 0 Å². The zero-order chi connectivity index (χ0) is 6.41. The molecule has 0 nitrogen and oxygen atoms in total. The molecule has 0 aliphatic heterocycles. The lowest BCUT2D eigenvalue weighted by atomic mass is 10.4. The van der Waals surface area contributed by atoms with Gasteiger partial charge >= 0.3 is 0 Å². The van der Waals surface area contributed by atoms with Gasteiger partial charge in [0.05, 0.1) is 5.33 Å². The van der Waals surface area contributed by atoms with Crippen molar-refractivity contribution in [2.75, 3.05) is 5.33 Å². The molecule has 0 N–H and O–H groups in total. The summed E-state index contributed by atoms with van der Waals surface area (Å²) in [7, 11) is 0. The summed E-state index contributed by atoms with van der Waals surface area (Å²) < 4.78 is 0. The summed E-state index contributed by atoms with van der Waals surface area (Å²) in [5.41, 5.74) is 0. The molecule has 2 heteroatoms. The molecular formula is C6H4Br2. The molecule has 0 spiro atoms. The van der Waals surface area contributed by atoms with Crippen molar-refractivity contribution in [1.29, 1.82) is 0 Å². The topological polar surface area (TPSA) is 0 Å². The number of rotatable bonds is 0. The van der Waals surface area contributed by atoms with Crippen LogP contribution in [0.5, 0.6) is 0 Å². The first-order chi connectivity index (χ1) is 3.81. The lowest BCUT2D eigenvalue weighted by Gasteiger charge is -1.81. The minimum atomic E-state index is -0.0972. The van der Waals surface area contributed by atoms with Crippen LogP contribution >= 0.6 is 31.9 Å². The van der Waals surface area contributed by atoms with Crippen molar-refractivity contribution in [2.24, 2.45) is 0 Å². The summed E-state index contributed by atoms with van der Waals surface area (Å²) in [6.45, 7) is 0. The second-order valence-corrected chi connectivity index (χ2v) is 2.46. The van der Waals surface area contributed by atoms with Gasteiger partial charge in [-0.2, -0.15) is 0 Å². The highest BCUT2D eigenvalue weighted by molar-refractivity contribution is 9.10. The molecule has 0 saturated heterocycles. The Kier molecular flexibility index (Phi) is 5.27. The van der Waals surface area contributed by atoms with Crippen LogP contribution in [0.4, 0.5) is 0 Å². The molecule has 1 atom stereocenters. The third-order valence-electron chi connectivity index (χ3n) is 0.442. The Morgan fingerprint density at radius 3 is 2.62 bits per heavy atom. The van der Waals surface area contributed by atoms with Gasteiger partial charge in [-0.15, -0.1) is 6.42 Å². The average molecular weight is 236 g/mol. The molecule has 0 aliphatic carbocycles. The van der Waals surface area contributed by atoms with E-state index in [2.05, 4.69) is 49.6 Å². The van der Waals surface area contributed by atoms with Gasteiger partial charge in [0.25, 0.3) is 0 Å². The second kappa shape index (κ2) is 5.22. The third-order valence-corrected chi connectivity index (χ3v) is 1.22. The highest BCUT2D eigenvalue weighted by atomic mass is 79.9. The zero-order valence-corrected chi connectivity index (χ0v) is 7.29. The summed E-state index contributed by atoms with van der Waals surface area (Å²) >= 11 is 6.29. The normalized spacial score (nSPS) is 10.6. The molecule has 0 rings (SSSR count). The van der Waals surface area contributed by atoms with Gasteiger partial charge in [0.1, 0.15) is 4.83 Å². The number of hydrogen-bond acceptors (Lipinski definition) is 0. The molecule has 8 heavy (non-hydrogen) atoms. The Morgan fingerprint density at radius 2 is 2.25 bits per heavy atom. The van der Waals surface area contributed by atoms with E-state index in [4.69, 9.17) is 6.42 Å². The van der Waals surface area contributed by atoms with Crippen LogP contribution in [0.3, 0.4) is 0 Å². The predicted molar refractivity (Wildman–Crippen MR) is 43.1 cm³/mol. The Bertz CT molecular complexity index is 144.